The molecule has 2 aromatic carbocycles. The normalized spacial score (nSPS) is 11.8. The summed E-state index contributed by atoms with van der Waals surface area (Å²) in [6.45, 7) is -0.425. The minimum absolute atomic E-state index is 0.274. The third-order valence-corrected chi connectivity index (χ3v) is 3.23. The second-order valence-electron chi connectivity index (χ2n) is 4.35. The van der Waals surface area contributed by atoms with Crippen molar-refractivity contribution in [1.29, 1.82) is 0 Å². The van der Waals surface area contributed by atoms with Crippen LogP contribution in [0.4, 0.5) is 0 Å². The van der Waals surface area contributed by atoms with E-state index in [1.807, 2.05) is 0 Å². The highest BCUT2D eigenvalue weighted by Gasteiger charge is 2.26. The highest BCUT2D eigenvalue weighted by Crippen LogP contribution is 2.22. The quantitative estimate of drug-likeness (QED) is 0.480. The van der Waals surface area contributed by atoms with Crippen molar-refractivity contribution in [1.82, 2.24) is 0 Å². The third kappa shape index (κ3) is 3.42. The molecule has 0 fully saturated rings. The van der Waals surface area contributed by atoms with Gasteiger partial charge in [0, 0.05) is 15.5 Å². The van der Waals surface area contributed by atoms with E-state index < -0.39 is 17.4 Å². The molecule has 20 heavy (non-hydrogen) atoms. The smallest absolute Gasteiger partial charge is 0.217 e. The number of ketones is 1. The summed E-state index contributed by atoms with van der Waals surface area (Å²) >= 11 is 5.78. The molecule has 0 spiro atoms. The van der Waals surface area contributed by atoms with Crippen LogP contribution in [0.25, 0.3) is 0 Å². The molecule has 0 amide bonds. The first kappa shape index (κ1) is 14.2. The molecule has 0 aromatic heterocycles. The number of benzene rings is 2. The van der Waals surface area contributed by atoms with E-state index in [1.165, 1.54) is 0 Å². The topological polar surface area (TPSA) is 60.2 Å². The van der Waals surface area contributed by atoms with Gasteiger partial charge in [-0.3, -0.25) is 14.9 Å². The number of nitrogens with zero attached hydrogens (tertiary/aromatic N) is 1. The minimum Gasteiger partial charge on any atom is -0.293 e. The monoisotopic (exact) mass is 289 g/mol. The van der Waals surface area contributed by atoms with Gasteiger partial charge in [0.15, 0.2) is 5.78 Å². The van der Waals surface area contributed by atoms with Gasteiger partial charge >= 0.3 is 0 Å². The molecule has 1 atom stereocenters. The van der Waals surface area contributed by atoms with Crippen LogP contribution in [0.1, 0.15) is 21.8 Å². The molecule has 0 radical (unpaired) electrons. The van der Waals surface area contributed by atoms with E-state index in [4.69, 9.17) is 11.6 Å². The first-order chi connectivity index (χ1) is 9.58. The summed E-state index contributed by atoms with van der Waals surface area (Å²) in [6.07, 6.45) is 0. The zero-order valence-corrected chi connectivity index (χ0v) is 11.3. The van der Waals surface area contributed by atoms with Crippen LogP contribution in [0.15, 0.2) is 54.6 Å². The maximum absolute atomic E-state index is 12.4. The Kier molecular flexibility index (Phi) is 4.48. The van der Waals surface area contributed by atoms with Crippen LogP contribution in [0.3, 0.4) is 0 Å². The van der Waals surface area contributed by atoms with E-state index in [0.717, 1.165) is 0 Å². The molecule has 0 bridgehead atoms. The Hall–Kier alpha value is -2.20. The molecule has 0 heterocycles. The lowest BCUT2D eigenvalue weighted by Crippen LogP contribution is -2.21. The predicted octanol–water partition coefficient (Wildman–Crippen LogP) is 3.58. The molecule has 0 aliphatic carbocycles. The number of carbonyl (C=O) groups is 1. The van der Waals surface area contributed by atoms with Crippen LogP contribution in [0.2, 0.25) is 5.02 Å². The van der Waals surface area contributed by atoms with E-state index >= 15 is 0 Å². The zero-order valence-electron chi connectivity index (χ0n) is 10.5. The van der Waals surface area contributed by atoms with E-state index in [0.29, 0.717) is 16.1 Å². The number of hydrogen-bond donors (Lipinski definition) is 0. The standard InChI is InChI=1S/C15H12ClNO3/c16-13-8-6-12(7-9-13)15(18)14(10-17(19)20)11-4-2-1-3-5-11/h1-9,14H,10H2. The summed E-state index contributed by atoms with van der Waals surface area (Å²) in [5, 5.41) is 11.3. The average Bonchev–Trinajstić information content (AvgIpc) is 2.45. The van der Waals surface area contributed by atoms with Crippen LogP contribution >= 0.6 is 11.6 Å². The Labute approximate surface area is 121 Å². The lowest BCUT2D eigenvalue weighted by molar-refractivity contribution is -0.481. The number of Topliss-reactive ketones (excluding diaryl/α,β-unsaturated/α-hetero) is 1. The average molecular weight is 290 g/mol. The van der Waals surface area contributed by atoms with Crippen LogP contribution in [-0.4, -0.2) is 17.3 Å². The molecule has 4 nitrogen and oxygen atoms in total. The number of hydrogen-bond acceptors (Lipinski definition) is 3. The van der Waals surface area contributed by atoms with Crippen molar-refractivity contribution >= 4 is 17.4 Å². The van der Waals surface area contributed by atoms with Crippen LogP contribution in [0, 0.1) is 10.1 Å². The number of halogens is 1. The first-order valence-corrected chi connectivity index (χ1v) is 6.42. The van der Waals surface area contributed by atoms with Gasteiger partial charge < -0.3 is 0 Å². The van der Waals surface area contributed by atoms with Crippen molar-refractivity contribution in [2.24, 2.45) is 0 Å². The van der Waals surface area contributed by atoms with Crippen molar-refractivity contribution in [3.8, 4) is 0 Å². The predicted molar refractivity (Wildman–Crippen MR) is 76.8 cm³/mol. The molecule has 2 aromatic rings. The first-order valence-electron chi connectivity index (χ1n) is 6.04. The van der Waals surface area contributed by atoms with Gasteiger partial charge in [-0.2, -0.15) is 0 Å². The summed E-state index contributed by atoms with van der Waals surface area (Å²) in [6, 6.07) is 15.1. The molecule has 5 heteroatoms. The fourth-order valence-corrected chi connectivity index (χ4v) is 2.12. The van der Waals surface area contributed by atoms with E-state index in [9.17, 15) is 14.9 Å². The van der Waals surface area contributed by atoms with Gasteiger partial charge in [-0.1, -0.05) is 41.9 Å². The van der Waals surface area contributed by atoms with E-state index in [-0.39, 0.29) is 5.78 Å². The minimum atomic E-state index is -0.785. The second-order valence-corrected chi connectivity index (χ2v) is 4.79. The maximum atomic E-state index is 12.4. The van der Waals surface area contributed by atoms with Crippen molar-refractivity contribution in [3.63, 3.8) is 0 Å². The van der Waals surface area contributed by atoms with Crippen LogP contribution in [-0.2, 0) is 0 Å². The SMILES string of the molecule is O=C(c1ccc(Cl)cc1)C(C[N+](=O)[O-])c1ccccc1. The zero-order chi connectivity index (χ0) is 14.5. The highest BCUT2D eigenvalue weighted by atomic mass is 35.5. The number of rotatable bonds is 5. The highest BCUT2D eigenvalue weighted by molar-refractivity contribution is 6.30. The Morgan fingerprint density at radius 2 is 1.70 bits per heavy atom. The molecule has 0 N–H and O–H groups in total. The largest absolute Gasteiger partial charge is 0.293 e. The molecule has 102 valence electrons. The van der Waals surface area contributed by atoms with E-state index in [1.54, 1.807) is 54.6 Å². The van der Waals surface area contributed by atoms with Crippen LogP contribution < -0.4 is 0 Å². The summed E-state index contributed by atoms with van der Waals surface area (Å²) in [5.41, 5.74) is 1.06. The summed E-state index contributed by atoms with van der Waals surface area (Å²) < 4.78 is 0. The van der Waals surface area contributed by atoms with Gasteiger partial charge in [0.1, 0.15) is 5.92 Å². The molecule has 1 unspecified atom stereocenters. The fraction of sp³-hybridized carbons (Fsp3) is 0.133. The van der Waals surface area contributed by atoms with Crippen molar-refractivity contribution in [2.45, 2.75) is 5.92 Å². The Balaban J connectivity index is 2.34. The van der Waals surface area contributed by atoms with Gasteiger partial charge in [-0.25, -0.2) is 0 Å². The summed E-state index contributed by atoms with van der Waals surface area (Å²) in [7, 11) is 0. The lowest BCUT2D eigenvalue weighted by Gasteiger charge is -2.12. The Bertz CT molecular complexity index is 611. The third-order valence-electron chi connectivity index (χ3n) is 2.98. The molecular weight excluding hydrogens is 278 g/mol. The molecule has 0 aliphatic rings. The van der Waals surface area contributed by atoms with E-state index in [2.05, 4.69) is 0 Å². The Morgan fingerprint density at radius 3 is 2.25 bits per heavy atom. The van der Waals surface area contributed by atoms with Gasteiger partial charge in [-0.05, 0) is 29.8 Å². The molecule has 0 aliphatic heterocycles. The molecule has 0 saturated carbocycles. The van der Waals surface area contributed by atoms with Crippen LogP contribution in [0.5, 0.6) is 0 Å². The fourth-order valence-electron chi connectivity index (χ4n) is 1.99. The number of carbonyl (C=O) groups excluding carboxylic acids is 1. The molecular formula is C15H12ClNO3. The van der Waals surface area contributed by atoms with Crippen molar-refractivity contribution in [2.75, 3.05) is 6.54 Å². The Morgan fingerprint density at radius 1 is 1.10 bits per heavy atom. The van der Waals surface area contributed by atoms with Crippen molar-refractivity contribution in [3.05, 3.63) is 80.9 Å². The number of nitro groups is 1. The molecule has 2 rings (SSSR count). The maximum Gasteiger partial charge on any atom is 0.217 e. The van der Waals surface area contributed by atoms with Gasteiger partial charge in [0.2, 0.25) is 6.54 Å². The van der Waals surface area contributed by atoms with Gasteiger partial charge in [-0.15, -0.1) is 0 Å². The van der Waals surface area contributed by atoms with Gasteiger partial charge in [0.25, 0.3) is 0 Å². The molecule has 0 saturated heterocycles. The second kappa shape index (κ2) is 6.30. The van der Waals surface area contributed by atoms with Gasteiger partial charge in [0.05, 0.1) is 0 Å². The summed E-state index contributed by atoms with van der Waals surface area (Å²) in [5.74, 6) is -1.06. The lowest BCUT2D eigenvalue weighted by atomic mass is 9.91. The van der Waals surface area contributed by atoms with Crippen molar-refractivity contribution < 1.29 is 9.72 Å². The summed E-state index contributed by atoms with van der Waals surface area (Å²) in [4.78, 5) is 22.8.